The lowest BCUT2D eigenvalue weighted by Gasteiger charge is -2.10. The summed E-state index contributed by atoms with van der Waals surface area (Å²) in [6.07, 6.45) is 0.776. The number of carbonyl (C=O) groups is 3. The minimum atomic E-state index is -1.28. The molecule has 0 aliphatic rings. The Bertz CT molecular complexity index is 1090. The van der Waals surface area contributed by atoms with E-state index in [0.29, 0.717) is 5.69 Å². The van der Waals surface area contributed by atoms with E-state index in [1.807, 2.05) is 19.1 Å². The number of hydrogen-bond acceptors (Lipinski definition) is 3. The third-order valence-electron chi connectivity index (χ3n) is 4.72. The van der Waals surface area contributed by atoms with Crippen molar-refractivity contribution < 1.29 is 19.5 Å². The van der Waals surface area contributed by atoms with Gasteiger partial charge in [-0.05, 0) is 54.8 Å². The molecule has 152 valence electrons. The van der Waals surface area contributed by atoms with Crippen LogP contribution in [0.2, 0.25) is 0 Å². The zero-order valence-corrected chi connectivity index (χ0v) is 16.7. The van der Waals surface area contributed by atoms with Crippen molar-refractivity contribution in [3.8, 4) is 0 Å². The number of carbonyl (C=O) groups excluding carboxylic acids is 2. The van der Waals surface area contributed by atoms with Crippen LogP contribution in [0.15, 0.2) is 66.7 Å². The van der Waals surface area contributed by atoms with E-state index in [9.17, 15) is 19.5 Å². The quantitative estimate of drug-likeness (QED) is 0.583. The second kappa shape index (κ2) is 9.05. The summed E-state index contributed by atoms with van der Waals surface area (Å²) in [5, 5.41) is 14.6. The van der Waals surface area contributed by atoms with Gasteiger partial charge in [0.05, 0.1) is 11.1 Å². The van der Waals surface area contributed by atoms with Gasteiger partial charge >= 0.3 is 5.97 Å². The molecule has 30 heavy (non-hydrogen) atoms. The molecule has 2 amide bonds. The summed E-state index contributed by atoms with van der Waals surface area (Å²) in [5.74, 6) is -2.25. The number of amides is 2. The topological polar surface area (TPSA) is 95.5 Å². The standard InChI is InChI=1S/C24H22N2O4/c1-15-3-5-16(6-4-15)13-17-7-10-19(11-8-17)26-23(28)20-12-9-18(22(27)25-2)14-21(20)24(29)30/h3-12,14H,13H2,1-2H3,(H,25,27)(H,26,28)(H,29,30). The van der Waals surface area contributed by atoms with Gasteiger partial charge < -0.3 is 15.7 Å². The Morgan fingerprint density at radius 3 is 1.97 bits per heavy atom. The molecule has 0 spiro atoms. The highest BCUT2D eigenvalue weighted by molar-refractivity contribution is 6.11. The van der Waals surface area contributed by atoms with Gasteiger partial charge in [0, 0.05) is 18.3 Å². The zero-order chi connectivity index (χ0) is 21.7. The Balaban J connectivity index is 1.74. The Morgan fingerprint density at radius 1 is 0.800 bits per heavy atom. The van der Waals surface area contributed by atoms with E-state index in [1.54, 1.807) is 12.1 Å². The predicted molar refractivity (Wildman–Crippen MR) is 115 cm³/mol. The summed E-state index contributed by atoms with van der Waals surface area (Å²) in [7, 11) is 1.45. The van der Waals surface area contributed by atoms with E-state index in [1.165, 1.54) is 36.4 Å². The highest BCUT2D eigenvalue weighted by atomic mass is 16.4. The van der Waals surface area contributed by atoms with Crippen molar-refractivity contribution in [2.45, 2.75) is 13.3 Å². The molecule has 0 radical (unpaired) electrons. The molecule has 3 aromatic rings. The van der Waals surface area contributed by atoms with Crippen molar-refractivity contribution in [3.63, 3.8) is 0 Å². The van der Waals surface area contributed by atoms with E-state index < -0.39 is 17.8 Å². The first-order valence-electron chi connectivity index (χ1n) is 9.42. The smallest absolute Gasteiger partial charge is 0.336 e. The van der Waals surface area contributed by atoms with Gasteiger partial charge in [-0.25, -0.2) is 4.79 Å². The monoisotopic (exact) mass is 402 g/mol. The van der Waals surface area contributed by atoms with Crippen molar-refractivity contribution in [1.29, 1.82) is 0 Å². The molecule has 0 saturated heterocycles. The van der Waals surface area contributed by atoms with Gasteiger partial charge in [-0.15, -0.1) is 0 Å². The van der Waals surface area contributed by atoms with Crippen LogP contribution in [0.5, 0.6) is 0 Å². The number of aromatic carboxylic acids is 1. The van der Waals surface area contributed by atoms with Crippen LogP contribution in [0.4, 0.5) is 5.69 Å². The average molecular weight is 402 g/mol. The molecule has 3 N–H and O–H groups in total. The fraction of sp³-hybridized carbons (Fsp3) is 0.125. The van der Waals surface area contributed by atoms with Crippen LogP contribution < -0.4 is 10.6 Å². The van der Waals surface area contributed by atoms with Crippen LogP contribution in [0.25, 0.3) is 0 Å². The first-order valence-corrected chi connectivity index (χ1v) is 9.42. The number of benzene rings is 3. The lowest BCUT2D eigenvalue weighted by molar-refractivity contribution is 0.0692. The van der Waals surface area contributed by atoms with Crippen molar-refractivity contribution in [2.24, 2.45) is 0 Å². The minimum absolute atomic E-state index is 0.0149. The minimum Gasteiger partial charge on any atom is -0.478 e. The first kappa shape index (κ1) is 20.8. The number of hydrogen-bond donors (Lipinski definition) is 3. The molecule has 0 saturated carbocycles. The third kappa shape index (κ3) is 4.91. The number of carboxylic acids is 1. The molecule has 6 nitrogen and oxygen atoms in total. The third-order valence-corrected chi connectivity index (χ3v) is 4.72. The fourth-order valence-electron chi connectivity index (χ4n) is 3.05. The summed E-state index contributed by atoms with van der Waals surface area (Å²) in [5.41, 5.74) is 3.98. The van der Waals surface area contributed by atoms with Crippen molar-refractivity contribution in [2.75, 3.05) is 12.4 Å². The van der Waals surface area contributed by atoms with E-state index in [0.717, 1.165) is 12.0 Å². The number of nitrogens with one attached hydrogen (secondary N) is 2. The zero-order valence-electron chi connectivity index (χ0n) is 16.7. The van der Waals surface area contributed by atoms with Gasteiger partial charge in [-0.3, -0.25) is 9.59 Å². The van der Waals surface area contributed by atoms with Crippen LogP contribution >= 0.6 is 0 Å². The number of aryl methyl sites for hydroxylation is 1. The van der Waals surface area contributed by atoms with Gasteiger partial charge in [-0.2, -0.15) is 0 Å². The number of anilines is 1. The predicted octanol–water partition coefficient (Wildman–Crippen LogP) is 3.90. The molecule has 0 aliphatic heterocycles. The van der Waals surface area contributed by atoms with E-state index in [4.69, 9.17) is 0 Å². The molecular formula is C24H22N2O4. The molecule has 0 fully saturated rings. The Morgan fingerprint density at radius 2 is 1.40 bits per heavy atom. The molecule has 0 aromatic heterocycles. The van der Waals surface area contributed by atoms with Crippen LogP contribution in [0.1, 0.15) is 47.8 Å². The first-order chi connectivity index (χ1) is 14.4. The van der Waals surface area contributed by atoms with Crippen LogP contribution in [0, 0.1) is 6.92 Å². The molecule has 0 unspecified atom stereocenters. The molecule has 3 rings (SSSR count). The number of carboxylic acid groups (broad SMARTS) is 1. The maximum Gasteiger partial charge on any atom is 0.336 e. The highest BCUT2D eigenvalue weighted by Gasteiger charge is 2.19. The normalized spacial score (nSPS) is 10.3. The fourth-order valence-corrected chi connectivity index (χ4v) is 3.05. The van der Waals surface area contributed by atoms with E-state index >= 15 is 0 Å². The van der Waals surface area contributed by atoms with E-state index in [-0.39, 0.29) is 16.7 Å². The SMILES string of the molecule is CNC(=O)c1ccc(C(=O)Nc2ccc(Cc3ccc(C)cc3)cc2)c(C(=O)O)c1. The summed E-state index contributed by atoms with van der Waals surface area (Å²) in [6.45, 7) is 2.04. The molecule has 6 heteroatoms. The Labute approximate surface area is 174 Å². The Hall–Kier alpha value is -3.93. The lowest BCUT2D eigenvalue weighted by atomic mass is 10.0. The highest BCUT2D eigenvalue weighted by Crippen LogP contribution is 2.18. The maximum atomic E-state index is 12.6. The Kier molecular flexibility index (Phi) is 6.27. The second-order valence-corrected chi connectivity index (χ2v) is 6.96. The van der Waals surface area contributed by atoms with Gasteiger partial charge in [0.1, 0.15) is 0 Å². The molecule has 3 aromatic carbocycles. The molecular weight excluding hydrogens is 380 g/mol. The average Bonchev–Trinajstić information content (AvgIpc) is 2.75. The van der Waals surface area contributed by atoms with Gasteiger partial charge in [0.25, 0.3) is 11.8 Å². The molecule has 0 atom stereocenters. The van der Waals surface area contributed by atoms with Crippen molar-refractivity contribution in [3.05, 3.63) is 100 Å². The van der Waals surface area contributed by atoms with Crippen LogP contribution in [-0.2, 0) is 6.42 Å². The largest absolute Gasteiger partial charge is 0.478 e. The second-order valence-electron chi connectivity index (χ2n) is 6.96. The number of rotatable bonds is 6. The summed E-state index contributed by atoms with van der Waals surface area (Å²) in [4.78, 5) is 35.9. The van der Waals surface area contributed by atoms with Crippen molar-refractivity contribution in [1.82, 2.24) is 5.32 Å². The van der Waals surface area contributed by atoms with Gasteiger partial charge in [-0.1, -0.05) is 42.0 Å². The summed E-state index contributed by atoms with van der Waals surface area (Å²) in [6, 6.07) is 19.7. The van der Waals surface area contributed by atoms with E-state index in [2.05, 4.69) is 34.9 Å². The van der Waals surface area contributed by atoms with Crippen LogP contribution in [0.3, 0.4) is 0 Å². The molecule has 0 heterocycles. The lowest BCUT2D eigenvalue weighted by Crippen LogP contribution is -2.21. The molecule has 0 aliphatic carbocycles. The van der Waals surface area contributed by atoms with Gasteiger partial charge in [0.15, 0.2) is 0 Å². The van der Waals surface area contributed by atoms with Gasteiger partial charge in [0.2, 0.25) is 0 Å². The van der Waals surface area contributed by atoms with Crippen molar-refractivity contribution >= 4 is 23.5 Å². The van der Waals surface area contributed by atoms with Crippen LogP contribution in [-0.4, -0.2) is 29.9 Å². The molecule has 0 bridgehead atoms. The summed E-state index contributed by atoms with van der Waals surface area (Å²) < 4.78 is 0. The maximum absolute atomic E-state index is 12.6. The summed E-state index contributed by atoms with van der Waals surface area (Å²) >= 11 is 0.